The molecule has 0 aliphatic carbocycles. The predicted molar refractivity (Wildman–Crippen MR) is 105 cm³/mol. The first kappa shape index (κ1) is 23.2. The zero-order valence-electron chi connectivity index (χ0n) is 15.7. The number of hydrogen-bond donors (Lipinski definition) is 1. The molecule has 0 fully saturated rings. The minimum Gasteiger partial charge on any atom is -0.411 e. The SMILES string of the molecule is CC.CCCc1cc(/C=N/O)c2c(c1)CCN2CCCCl.C[N+](=O)[O-]. The average molecular weight is 372 g/mol. The van der Waals surface area contributed by atoms with Gasteiger partial charge in [-0.2, -0.15) is 0 Å². The highest BCUT2D eigenvalue weighted by molar-refractivity contribution is 6.17. The molecule has 0 bridgehead atoms. The Hall–Kier alpha value is -1.82. The van der Waals surface area contributed by atoms with Crippen LogP contribution in [0.25, 0.3) is 0 Å². The molecule has 0 aromatic heterocycles. The molecule has 25 heavy (non-hydrogen) atoms. The number of hydrogen-bond acceptors (Lipinski definition) is 5. The van der Waals surface area contributed by atoms with Crippen LogP contribution in [0.15, 0.2) is 17.3 Å². The second-order valence-corrected chi connectivity index (χ2v) is 5.78. The average Bonchev–Trinajstić information content (AvgIpc) is 2.98. The molecule has 0 spiro atoms. The Balaban J connectivity index is 0.000000845. The van der Waals surface area contributed by atoms with E-state index in [2.05, 4.69) is 29.1 Å². The summed E-state index contributed by atoms with van der Waals surface area (Å²) in [7, 11) is 0.889. The topological polar surface area (TPSA) is 79.0 Å². The van der Waals surface area contributed by atoms with Gasteiger partial charge in [0.2, 0.25) is 0 Å². The first-order valence-electron chi connectivity index (χ1n) is 8.75. The van der Waals surface area contributed by atoms with Crippen LogP contribution in [0.4, 0.5) is 5.69 Å². The van der Waals surface area contributed by atoms with Crippen molar-refractivity contribution in [2.75, 3.05) is 30.9 Å². The molecule has 0 saturated heterocycles. The van der Waals surface area contributed by atoms with Crippen molar-refractivity contribution in [2.45, 2.75) is 46.5 Å². The van der Waals surface area contributed by atoms with Gasteiger partial charge in [-0.05, 0) is 36.5 Å². The zero-order valence-corrected chi connectivity index (χ0v) is 16.4. The quantitative estimate of drug-likeness (QED) is 0.265. The number of oxime groups is 1. The van der Waals surface area contributed by atoms with Crippen LogP contribution in [-0.4, -0.2) is 42.4 Å². The van der Waals surface area contributed by atoms with Crippen molar-refractivity contribution in [3.05, 3.63) is 38.9 Å². The van der Waals surface area contributed by atoms with Gasteiger partial charge >= 0.3 is 0 Å². The normalized spacial score (nSPS) is 12.1. The Morgan fingerprint density at radius 1 is 1.44 bits per heavy atom. The molecule has 0 amide bonds. The molecule has 1 aliphatic rings. The summed E-state index contributed by atoms with van der Waals surface area (Å²) >= 11 is 5.78. The molecule has 0 saturated carbocycles. The van der Waals surface area contributed by atoms with E-state index in [1.165, 1.54) is 16.8 Å². The van der Waals surface area contributed by atoms with Gasteiger partial charge in [0, 0.05) is 35.1 Å². The molecule has 0 unspecified atom stereocenters. The summed E-state index contributed by atoms with van der Waals surface area (Å²) in [5, 5.41) is 20.9. The van der Waals surface area contributed by atoms with Crippen molar-refractivity contribution >= 4 is 23.5 Å². The standard InChI is InChI=1S/C15H21ClN2O.C2H6.CH3NO2/c1-2-4-12-9-13-5-8-18(7-3-6-16)15(13)14(10-12)11-17-19;1-2;1-2(3)4/h9-11,19H,2-8H2,1H3;1-2H3;1H3/b17-11+;;. The maximum atomic E-state index is 8.86. The summed E-state index contributed by atoms with van der Waals surface area (Å²) < 4.78 is 0. The number of rotatable bonds is 6. The lowest BCUT2D eigenvalue weighted by atomic mass is 10.0. The second-order valence-electron chi connectivity index (χ2n) is 5.41. The largest absolute Gasteiger partial charge is 0.411 e. The molecular weight excluding hydrogens is 342 g/mol. The van der Waals surface area contributed by atoms with E-state index in [0.717, 1.165) is 51.4 Å². The highest BCUT2D eigenvalue weighted by Gasteiger charge is 2.22. The van der Waals surface area contributed by atoms with Crippen LogP contribution >= 0.6 is 11.6 Å². The van der Waals surface area contributed by atoms with Crippen molar-refractivity contribution < 1.29 is 10.1 Å². The molecule has 7 heteroatoms. The molecule has 1 N–H and O–H groups in total. The first-order chi connectivity index (χ1) is 12.0. The van der Waals surface area contributed by atoms with E-state index in [9.17, 15) is 0 Å². The third-order valence-electron chi connectivity index (χ3n) is 3.54. The maximum absolute atomic E-state index is 8.86. The minimum atomic E-state index is -0.500. The van der Waals surface area contributed by atoms with Gasteiger partial charge in [0.15, 0.2) is 7.05 Å². The number of aryl methyl sites for hydroxylation is 1. The van der Waals surface area contributed by atoms with Crippen molar-refractivity contribution in [3.8, 4) is 0 Å². The molecular formula is C18H30ClN3O3. The van der Waals surface area contributed by atoms with Gasteiger partial charge in [-0.25, -0.2) is 0 Å². The smallest absolute Gasteiger partial charge is 0.194 e. The zero-order chi connectivity index (χ0) is 19.2. The molecule has 142 valence electrons. The molecule has 0 atom stereocenters. The fourth-order valence-electron chi connectivity index (χ4n) is 2.80. The monoisotopic (exact) mass is 371 g/mol. The Morgan fingerprint density at radius 3 is 2.60 bits per heavy atom. The van der Waals surface area contributed by atoms with Crippen LogP contribution in [0.1, 0.15) is 50.3 Å². The van der Waals surface area contributed by atoms with Crippen LogP contribution in [0.5, 0.6) is 0 Å². The van der Waals surface area contributed by atoms with E-state index in [-0.39, 0.29) is 0 Å². The first-order valence-corrected chi connectivity index (χ1v) is 9.29. The summed E-state index contributed by atoms with van der Waals surface area (Å²) in [4.78, 5) is 10.7. The van der Waals surface area contributed by atoms with E-state index >= 15 is 0 Å². The summed E-state index contributed by atoms with van der Waals surface area (Å²) in [5.41, 5.74) is 4.95. The maximum Gasteiger partial charge on any atom is 0.194 e. The van der Waals surface area contributed by atoms with Crippen molar-refractivity contribution in [2.24, 2.45) is 5.16 Å². The number of anilines is 1. The third-order valence-corrected chi connectivity index (χ3v) is 3.81. The van der Waals surface area contributed by atoms with Gasteiger partial charge in [0.1, 0.15) is 0 Å². The number of nitrogens with zero attached hydrogens (tertiary/aromatic N) is 3. The van der Waals surface area contributed by atoms with Crippen LogP contribution in [-0.2, 0) is 12.8 Å². The van der Waals surface area contributed by atoms with E-state index in [1.807, 2.05) is 13.8 Å². The molecule has 1 aliphatic heterocycles. The second kappa shape index (κ2) is 13.5. The van der Waals surface area contributed by atoms with Gasteiger partial charge < -0.3 is 10.1 Å². The highest BCUT2D eigenvalue weighted by Crippen LogP contribution is 2.33. The summed E-state index contributed by atoms with van der Waals surface area (Å²) in [6.45, 7) is 8.18. The fraction of sp³-hybridized carbons (Fsp3) is 0.611. The summed E-state index contributed by atoms with van der Waals surface area (Å²) in [5.74, 6) is 0.684. The summed E-state index contributed by atoms with van der Waals surface area (Å²) in [6, 6.07) is 4.44. The van der Waals surface area contributed by atoms with E-state index in [1.54, 1.807) is 6.21 Å². The molecule has 0 radical (unpaired) electrons. The van der Waals surface area contributed by atoms with Gasteiger partial charge in [-0.15, -0.1) is 11.6 Å². The number of halogens is 1. The molecule has 6 nitrogen and oxygen atoms in total. The Labute approximate surface area is 155 Å². The van der Waals surface area contributed by atoms with Crippen molar-refractivity contribution in [3.63, 3.8) is 0 Å². The van der Waals surface area contributed by atoms with Crippen LogP contribution in [0.2, 0.25) is 0 Å². The fourth-order valence-corrected chi connectivity index (χ4v) is 2.92. The van der Waals surface area contributed by atoms with Crippen LogP contribution in [0.3, 0.4) is 0 Å². The highest BCUT2D eigenvalue weighted by atomic mass is 35.5. The van der Waals surface area contributed by atoms with Crippen molar-refractivity contribution in [1.29, 1.82) is 0 Å². The van der Waals surface area contributed by atoms with Gasteiger partial charge in [0.25, 0.3) is 0 Å². The minimum absolute atomic E-state index is 0.500. The lowest BCUT2D eigenvalue weighted by molar-refractivity contribution is -0.445. The Morgan fingerprint density at radius 2 is 2.08 bits per heavy atom. The molecule has 1 heterocycles. The van der Waals surface area contributed by atoms with E-state index < -0.39 is 4.92 Å². The number of nitro groups is 1. The van der Waals surface area contributed by atoms with Crippen LogP contribution < -0.4 is 4.90 Å². The lowest BCUT2D eigenvalue weighted by Gasteiger charge is -2.21. The number of alkyl halides is 1. The molecule has 1 aromatic rings. The van der Waals surface area contributed by atoms with E-state index in [0.29, 0.717) is 5.88 Å². The molecule has 1 aromatic carbocycles. The molecule has 2 rings (SSSR count). The number of benzene rings is 1. The Bertz CT molecular complexity index is 547. The lowest BCUT2D eigenvalue weighted by Crippen LogP contribution is -2.23. The predicted octanol–water partition coefficient (Wildman–Crippen LogP) is 4.36. The Kier molecular flexibility index (Phi) is 12.5. The van der Waals surface area contributed by atoms with Crippen LogP contribution in [0, 0.1) is 10.1 Å². The van der Waals surface area contributed by atoms with Gasteiger partial charge in [-0.1, -0.05) is 38.4 Å². The van der Waals surface area contributed by atoms with Crippen molar-refractivity contribution in [1.82, 2.24) is 0 Å². The third kappa shape index (κ3) is 8.20. The van der Waals surface area contributed by atoms with E-state index in [4.69, 9.17) is 26.9 Å². The number of fused-ring (bicyclic) bond motifs is 1. The summed E-state index contributed by atoms with van der Waals surface area (Å²) in [6.07, 6.45) is 5.80. The van der Waals surface area contributed by atoms with Gasteiger partial charge in [-0.3, -0.25) is 10.1 Å². The van der Waals surface area contributed by atoms with Gasteiger partial charge in [0.05, 0.1) is 6.21 Å².